The first kappa shape index (κ1) is 21.7. The largest absolute Gasteiger partial charge is 0.497 e. The Morgan fingerprint density at radius 1 is 1.07 bits per heavy atom. The third-order valence-corrected chi connectivity index (χ3v) is 6.44. The molecule has 0 spiro atoms. The minimum Gasteiger partial charge on any atom is -0.497 e. The van der Waals surface area contributed by atoms with E-state index < -0.39 is 16.0 Å². The Morgan fingerprint density at radius 2 is 1.68 bits per heavy atom. The maximum Gasteiger partial charge on any atom is 0.337 e. The summed E-state index contributed by atoms with van der Waals surface area (Å²) in [5, 5.41) is 9.64. The van der Waals surface area contributed by atoms with E-state index in [2.05, 4.69) is 4.90 Å². The molecule has 0 atom stereocenters. The van der Waals surface area contributed by atoms with Gasteiger partial charge >= 0.3 is 5.97 Å². The average Bonchev–Trinajstić information content (AvgIpc) is 2.71. The molecule has 2 aromatic rings. The first-order chi connectivity index (χ1) is 13.3. The number of sulfonamides is 1. The van der Waals surface area contributed by atoms with E-state index in [0.29, 0.717) is 17.9 Å². The molecule has 28 heavy (non-hydrogen) atoms. The van der Waals surface area contributed by atoms with Crippen molar-refractivity contribution < 1.29 is 23.1 Å². The normalized spacial score (nSPS) is 11.5. The zero-order valence-corrected chi connectivity index (χ0v) is 17.4. The van der Waals surface area contributed by atoms with Crippen LogP contribution in [0.25, 0.3) is 0 Å². The Morgan fingerprint density at radius 3 is 2.18 bits per heavy atom. The summed E-state index contributed by atoms with van der Waals surface area (Å²) in [6.45, 7) is 5.99. The van der Waals surface area contributed by atoms with E-state index in [1.807, 2.05) is 13.8 Å². The molecule has 0 aliphatic carbocycles. The lowest BCUT2D eigenvalue weighted by Gasteiger charge is -2.27. The number of methoxy groups -OCH3 is 1. The third kappa shape index (κ3) is 4.45. The highest BCUT2D eigenvalue weighted by Gasteiger charge is 2.28. The van der Waals surface area contributed by atoms with Crippen LogP contribution in [0.4, 0.5) is 5.69 Å². The third-order valence-electron chi connectivity index (χ3n) is 4.67. The molecular weight excluding hydrogens is 380 g/mol. The maximum atomic E-state index is 13.2. The van der Waals surface area contributed by atoms with Crippen molar-refractivity contribution in [1.29, 1.82) is 0 Å². The fourth-order valence-corrected chi connectivity index (χ4v) is 4.23. The molecule has 0 aliphatic heterocycles. The standard InChI is InChI=1S/C20H26N2O5S/c1-5-22(6-2)14-15-8-7-9-18(20(23)24)19(15)21(3)28(25,26)17-12-10-16(27-4)11-13-17/h7-13H,5-6,14H2,1-4H3,(H,23,24). The highest BCUT2D eigenvalue weighted by atomic mass is 32.2. The molecule has 2 rings (SSSR count). The molecular formula is C20H26N2O5S. The number of carbonyl (C=O) groups is 1. The van der Waals surface area contributed by atoms with Crippen LogP contribution in [0.1, 0.15) is 29.8 Å². The van der Waals surface area contributed by atoms with Gasteiger partial charge in [0.15, 0.2) is 0 Å². The molecule has 0 saturated carbocycles. The van der Waals surface area contributed by atoms with Crippen LogP contribution < -0.4 is 9.04 Å². The monoisotopic (exact) mass is 406 g/mol. The number of aromatic carboxylic acids is 1. The second kappa shape index (κ2) is 9.07. The lowest BCUT2D eigenvalue weighted by atomic mass is 10.1. The predicted octanol–water partition coefficient (Wildman–Crippen LogP) is 3.06. The topological polar surface area (TPSA) is 87.2 Å². The molecule has 0 saturated heterocycles. The molecule has 0 radical (unpaired) electrons. The number of nitrogens with zero attached hydrogens (tertiary/aromatic N) is 2. The summed E-state index contributed by atoms with van der Waals surface area (Å²) in [6.07, 6.45) is 0. The van der Waals surface area contributed by atoms with Crippen LogP contribution in [0, 0.1) is 0 Å². The molecule has 1 N–H and O–H groups in total. The molecule has 2 aromatic carbocycles. The van der Waals surface area contributed by atoms with E-state index in [0.717, 1.165) is 17.4 Å². The van der Waals surface area contributed by atoms with Crippen molar-refractivity contribution in [2.45, 2.75) is 25.3 Å². The Labute approximate surface area is 166 Å². The SMILES string of the molecule is CCN(CC)Cc1cccc(C(=O)O)c1N(C)S(=O)(=O)c1ccc(OC)cc1. The van der Waals surface area contributed by atoms with Gasteiger partial charge in [0.2, 0.25) is 0 Å². The van der Waals surface area contributed by atoms with Crippen LogP contribution >= 0.6 is 0 Å². The highest BCUT2D eigenvalue weighted by molar-refractivity contribution is 7.92. The summed E-state index contributed by atoms with van der Waals surface area (Å²) in [6, 6.07) is 10.8. The molecule has 7 nitrogen and oxygen atoms in total. The van der Waals surface area contributed by atoms with Gasteiger partial charge in [0.1, 0.15) is 5.75 Å². The quantitative estimate of drug-likeness (QED) is 0.689. The minimum absolute atomic E-state index is 0.0516. The maximum absolute atomic E-state index is 13.2. The van der Waals surface area contributed by atoms with Crippen LogP contribution in [0.15, 0.2) is 47.4 Å². The molecule has 0 aliphatic rings. The zero-order valence-electron chi connectivity index (χ0n) is 16.5. The number of anilines is 1. The van der Waals surface area contributed by atoms with Gasteiger partial charge < -0.3 is 9.84 Å². The second-order valence-corrected chi connectivity index (χ2v) is 8.20. The van der Waals surface area contributed by atoms with E-state index in [-0.39, 0.29) is 16.1 Å². The van der Waals surface area contributed by atoms with E-state index in [9.17, 15) is 18.3 Å². The van der Waals surface area contributed by atoms with Gasteiger partial charge in [-0.2, -0.15) is 0 Å². The summed E-state index contributed by atoms with van der Waals surface area (Å²) in [4.78, 5) is 14.0. The minimum atomic E-state index is -3.95. The summed E-state index contributed by atoms with van der Waals surface area (Å²) < 4.78 is 32.5. The average molecular weight is 407 g/mol. The van der Waals surface area contributed by atoms with Crippen LogP contribution in [0.2, 0.25) is 0 Å². The van der Waals surface area contributed by atoms with Crippen LogP contribution in [-0.4, -0.2) is 51.6 Å². The van der Waals surface area contributed by atoms with Gasteiger partial charge in [0.05, 0.1) is 23.3 Å². The van der Waals surface area contributed by atoms with Crippen molar-refractivity contribution >= 4 is 21.7 Å². The van der Waals surface area contributed by atoms with Gasteiger partial charge in [-0.3, -0.25) is 9.21 Å². The molecule has 0 fully saturated rings. The van der Waals surface area contributed by atoms with Crippen molar-refractivity contribution in [3.63, 3.8) is 0 Å². The van der Waals surface area contributed by atoms with Crippen LogP contribution in [-0.2, 0) is 16.6 Å². The Bertz CT molecular complexity index is 922. The molecule has 8 heteroatoms. The number of benzene rings is 2. The number of hydrogen-bond donors (Lipinski definition) is 1. The summed E-state index contributed by atoms with van der Waals surface area (Å²) in [7, 11) is -1.07. The lowest BCUT2D eigenvalue weighted by molar-refractivity contribution is 0.0697. The van der Waals surface area contributed by atoms with Crippen LogP contribution in [0.3, 0.4) is 0 Å². The van der Waals surface area contributed by atoms with E-state index in [4.69, 9.17) is 4.74 Å². The van der Waals surface area contributed by atoms with Gasteiger partial charge in [0, 0.05) is 13.6 Å². The number of rotatable bonds is 9. The zero-order chi connectivity index (χ0) is 20.9. The summed E-state index contributed by atoms with van der Waals surface area (Å²) in [5.41, 5.74) is 0.769. The van der Waals surface area contributed by atoms with Crippen molar-refractivity contribution in [2.24, 2.45) is 0 Å². The van der Waals surface area contributed by atoms with Gasteiger partial charge in [-0.25, -0.2) is 13.2 Å². The van der Waals surface area contributed by atoms with Gasteiger partial charge in [-0.05, 0) is 49.0 Å². The number of hydrogen-bond acceptors (Lipinski definition) is 5. The fraction of sp³-hybridized carbons (Fsp3) is 0.350. The fourth-order valence-electron chi connectivity index (χ4n) is 2.98. The number of para-hydroxylation sites is 1. The van der Waals surface area contributed by atoms with E-state index >= 15 is 0 Å². The Balaban J connectivity index is 2.57. The summed E-state index contributed by atoms with van der Waals surface area (Å²) in [5.74, 6) is -0.636. The van der Waals surface area contributed by atoms with Gasteiger partial charge in [0.25, 0.3) is 10.0 Å². The van der Waals surface area contributed by atoms with E-state index in [1.165, 1.54) is 32.4 Å². The van der Waals surface area contributed by atoms with Crippen molar-refractivity contribution in [3.8, 4) is 5.75 Å². The highest BCUT2D eigenvalue weighted by Crippen LogP contribution is 2.31. The Kier molecular flexibility index (Phi) is 7.04. The lowest BCUT2D eigenvalue weighted by Crippen LogP contribution is -2.31. The predicted molar refractivity (Wildman–Crippen MR) is 109 cm³/mol. The number of ether oxygens (including phenoxy) is 1. The first-order valence-corrected chi connectivity index (χ1v) is 10.4. The molecule has 152 valence electrons. The molecule has 0 amide bonds. The second-order valence-electron chi connectivity index (χ2n) is 6.23. The molecule has 0 bridgehead atoms. The molecule has 0 aromatic heterocycles. The van der Waals surface area contributed by atoms with Gasteiger partial charge in [-0.15, -0.1) is 0 Å². The van der Waals surface area contributed by atoms with Crippen molar-refractivity contribution in [1.82, 2.24) is 4.90 Å². The van der Waals surface area contributed by atoms with Gasteiger partial charge in [-0.1, -0.05) is 26.0 Å². The van der Waals surface area contributed by atoms with Crippen LogP contribution in [0.5, 0.6) is 5.75 Å². The first-order valence-electron chi connectivity index (χ1n) is 8.96. The number of carboxylic acid groups (broad SMARTS) is 1. The molecule has 0 heterocycles. The summed E-state index contributed by atoms with van der Waals surface area (Å²) >= 11 is 0. The molecule has 0 unspecified atom stereocenters. The number of carboxylic acids is 1. The Hall–Kier alpha value is -2.58. The van der Waals surface area contributed by atoms with Crippen molar-refractivity contribution in [3.05, 3.63) is 53.6 Å². The van der Waals surface area contributed by atoms with E-state index in [1.54, 1.807) is 24.3 Å². The van der Waals surface area contributed by atoms with Crippen molar-refractivity contribution in [2.75, 3.05) is 31.6 Å². The smallest absolute Gasteiger partial charge is 0.337 e.